The van der Waals surface area contributed by atoms with Gasteiger partial charge in [0.25, 0.3) is 0 Å². The van der Waals surface area contributed by atoms with Crippen molar-refractivity contribution in [1.82, 2.24) is 0 Å². The van der Waals surface area contributed by atoms with Gasteiger partial charge in [-0.2, -0.15) is 0 Å². The van der Waals surface area contributed by atoms with Crippen molar-refractivity contribution >= 4 is 23.2 Å². The van der Waals surface area contributed by atoms with Gasteiger partial charge in [0.2, 0.25) is 11.8 Å². The van der Waals surface area contributed by atoms with Crippen LogP contribution in [0.4, 0.5) is 11.4 Å². The molecule has 31 heavy (non-hydrogen) atoms. The lowest BCUT2D eigenvalue weighted by molar-refractivity contribution is -0.122. The minimum Gasteiger partial charge on any atom is -0.489 e. The second-order valence-corrected chi connectivity index (χ2v) is 7.96. The standard InChI is InChI=1S/C26H26N2O3/c1-18-8-11-23(14-19(18)2)28-16-21(15-25(28)29)26(30)27-22-9-12-24(13-10-22)31-17-20-6-4-3-5-7-20/h3-14,21H,15-17H2,1-2H3,(H,27,30)/t21-/m0/s1. The summed E-state index contributed by atoms with van der Waals surface area (Å²) in [7, 11) is 0. The molecule has 5 nitrogen and oxygen atoms in total. The molecule has 158 valence electrons. The zero-order valence-electron chi connectivity index (χ0n) is 17.8. The summed E-state index contributed by atoms with van der Waals surface area (Å²) in [5.41, 5.74) is 4.95. The topological polar surface area (TPSA) is 58.6 Å². The van der Waals surface area contributed by atoms with E-state index in [1.165, 1.54) is 5.56 Å². The van der Waals surface area contributed by atoms with Crippen LogP contribution >= 0.6 is 0 Å². The normalized spacial score (nSPS) is 15.7. The van der Waals surface area contributed by atoms with Crippen molar-refractivity contribution in [3.8, 4) is 5.75 Å². The average molecular weight is 415 g/mol. The number of nitrogens with zero attached hydrogens (tertiary/aromatic N) is 1. The van der Waals surface area contributed by atoms with E-state index in [1.807, 2.05) is 86.6 Å². The summed E-state index contributed by atoms with van der Waals surface area (Å²) in [5, 5.41) is 2.92. The van der Waals surface area contributed by atoms with Gasteiger partial charge in [-0.25, -0.2) is 0 Å². The first kappa shape index (κ1) is 20.7. The third kappa shape index (κ3) is 4.94. The fourth-order valence-corrected chi connectivity index (χ4v) is 3.65. The van der Waals surface area contributed by atoms with Crippen LogP contribution in [0.2, 0.25) is 0 Å². The van der Waals surface area contributed by atoms with Crippen LogP contribution < -0.4 is 15.0 Å². The van der Waals surface area contributed by atoms with Crippen LogP contribution in [-0.2, 0) is 16.2 Å². The molecule has 4 rings (SSSR count). The summed E-state index contributed by atoms with van der Waals surface area (Å²) >= 11 is 0. The Morgan fingerprint density at radius 1 is 1.00 bits per heavy atom. The number of ether oxygens (including phenoxy) is 1. The number of rotatable bonds is 6. The quantitative estimate of drug-likeness (QED) is 0.626. The molecular weight excluding hydrogens is 388 g/mol. The highest BCUT2D eigenvalue weighted by Crippen LogP contribution is 2.28. The van der Waals surface area contributed by atoms with Crippen molar-refractivity contribution in [3.63, 3.8) is 0 Å². The fourth-order valence-electron chi connectivity index (χ4n) is 3.65. The van der Waals surface area contributed by atoms with E-state index in [4.69, 9.17) is 4.74 Å². The summed E-state index contributed by atoms with van der Waals surface area (Å²) in [4.78, 5) is 26.9. The molecule has 1 atom stereocenters. The zero-order valence-corrected chi connectivity index (χ0v) is 17.8. The van der Waals surface area contributed by atoms with E-state index < -0.39 is 0 Å². The average Bonchev–Trinajstić information content (AvgIpc) is 3.18. The number of hydrogen-bond donors (Lipinski definition) is 1. The Hall–Kier alpha value is -3.60. The first-order valence-corrected chi connectivity index (χ1v) is 10.4. The van der Waals surface area contributed by atoms with Crippen LogP contribution in [0, 0.1) is 19.8 Å². The largest absolute Gasteiger partial charge is 0.489 e. The maximum atomic E-state index is 12.7. The van der Waals surface area contributed by atoms with E-state index in [2.05, 4.69) is 5.32 Å². The van der Waals surface area contributed by atoms with E-state index in [0.29, 0.717) is 18.8 Å². The van der Waals surface area contributed by atoms with Gasteiger partial charge in [-0.15, -0.1) is 0 Å². The van der Waals surface area contributed by atoms with Crippen molar-refractivity contribution in [2.75, 3.05) is 16.8 Å². The van der Waals surface area contributed by atoms with Crippen LogP contribution in [0.3, 0.4) is 0 Å². The minimum absolute atomic E-state index is 0.0203. The number of carbonyl (C=O) groups is 2. The molecule has 0 radical (unpaired) electrons. The Morgan fingerprint density at radius 2 is 1.74 bits per heavy atom. The summed E-state index contributed by atoms with van der Waals surface area (Å²) < 4.78 is 5.78. The van der Waals surface area contributed by atoms with Gasteiger partial charge in [-0.05, 0) is 66.9 Å². The van der Waals surface area contributed by atoms with E-state index in [0.717, 1.165) is 22.6 Å². The highest BCUT2D eigenvalue weighted by molar-refractivity contribution is 6.03. The van der Waals surface area contributed by atoms with Gasteiger partial charge in [0.1, 0.15) is 12.4 Å². The Morgan fingerprint density at radius 3 is 2.45 bits per heavy atom. The van der Waals surface area contributed by atoms with Crippen LogP contribution in [0.1, 0.15) is 23.1 Å². The van der Waals surface area contributed by atoms with Gasteiger partial charge in [0.15, 0.2) is 0 Å². The van der Waals surface area contributed by atoms with Crippen molar-refractivity contribution < 1.29 is 14.3 Å². The van der Waals surface area contributed by atoms with Gasteiger partial charge < -0.3 is 15.0 Å². The number of aryl methyl sites for hydroxylation is 2. The molecule has 0 aromatic heterocycles. The Kier molecular flexibility index (Phi) is 6.03. The minimum atomic E-state index is -0.372. The van der Waals surface area contributed by atoms with Crippen molar-refractivity contribution in [1.29, 1.82) is 0 Å². The van der Waals surface area contributed by atoms with Crippen molar-refractivity contribution in [2.24, 2.45) is 5.92 Å². The maximum Gasteiger partial charge on any atom is 0.229 e. The number of hydrogen-bond acceptors (Lipinski definition) is 3. The molecular formula is C26H26N2O3. The lowest BCUT2D eigenvalue weighted by Gasteiger charge is -2.18. The van der Waals surface area contributed by atoms with Crippen LogP contribution in [0.5, 0.6) is 5.75 Å². The molecule has 1 aliphatic rings. The van der Waals surface area contributed by atoms with Gasteiger partial charge in [-0.3, -0.25) is 9.59 Å². The molecule has 0 bridgehead atoms. The monoisotopic (exact) mass is 414 g/mol. The summed E-state index contributed by atoms with van der Waals surface area (Å²) in [6.45, 7) is 4.95. The molecule has 1 saturated heterocycles. The van der Waals surface area contributed by atoms with Gasteiger partial charge in [0.05, 0.1) is 5.92 Å². The van der Waals surface area contributed by atoms with Crippen LogP contribution in [0.15, 0.2) is 72.8 Å². The molecule has 0 saturated carbocycles. The molecule has 1 aliphatic heterocycles. The fraction of sp³-hybridized carbons (Fsp3) is 0.231. The lowest BCUT2D eigenvalue weighted by Crippen LogP contribution is -2.28. The van der Waals surface area contributed by atoms with Gasteiger partial charge in [-0.1, -0.05) is 36.4 Å². The Bertz CT molecular complexity index is 1080. The number of amides is 2. The lowest BCUT2D eigenvalue weighted by atomic mass is 10.1. The second-order valence-electron chi connectivity index (χ2n) is 7.96. The van der Waals surface area contributed by atoms with E-state index in [1.54, 1.807) is 4.90 Å². The highest BCUT2D eigenvalue weighted by atomic mass is 16.5. The second kappa shape index (κ2) is 9.04. The predicted molar refractivity (Wildman–Crippen MR) is 122 cm³/mol. The zero-order chi connectivity index (χ0) is 21.8. The molecule has 1 heterocycles. The summed E-state index contributed by atoms with van der Waals surface area (Å²) in [5.74, 6) is 0.202. The molecule has 1 N–H and O–H groups in total. The number of anilines is 2. The highest BCUT2D eigenvalue weighted by Gasteiger charge is 2.35. The van der Waals surface area contributed by atoms with Crippen LogP contribution in [-0.4, -0.2) is 18.4 Å². The molecule has 3 aromatic rings. The molecule has 0 spiro atoms. The smallest absolute Gasteiger partial charge is 0.229 e. The van der Waals surface area contributed by atoms with Crippen molar-refractivity contribution in [2.45, 2.75) is 26.9 Å². The number of carbonyl (C=O) groups excluding carboxylic acids is 2. The summed E-state index contributed by atoms with van der Waals surface area (Å²) in [6.07, 6.45) is 0.219. The molecule has 5 heteroatoms. The third-order valence-electron chi connectivity index (χ3n) is 5.67. The molecule has 0 aliphatic carbocycles. The third-order valence-corrected chi connectivity index (χ3v) is 5.67. The van der Waals surface area contributed by atoms with Crippen molar-refractivity contribution in [3.05, 3.63) is 89.5 Å². The summed E-state index contributed by atoms with van der Waals surface area (Å²) in [6, 6.07) is 23.2. The molecule has 1 fully saturated rings. The molecule has 0 unspecified atom stereocenters. The Labute approximate surface area is 182 Å². The number of nitrogens with one attached hydrogen (secondary N) is 1. The first-order chi connectivity index (χ1) is 15.0. The molecule has 3 aromatic carbocycles. The molecule has 2 amide bonds. The van der Waals surface area contributed by atoms with E-state index in [-0.39, 0.29) is 24.2 Å². The Balaban J connectivity index is 1.34. The maximum absolute atomic E-state index is 12.7. The van der Waals surface area contributed by atoms with E-state index >= 15 is 0 Å². The van der Waals surface area contributed by atoms with Gasteiger partial charge in [0, 0.05) is 24.3 Å². The first-order valence-electron chi connectivity index (χ1n) is 10.4. The number of benzene rings is 3. The van der Waals surface area contributed by atoms with E-state index in [9.17, 15) is 9.59 Å². The predicted octanol–water partition coefficient (Wildman–Crippen LogP) is 4.87. The van der Waals surface area contributed by atoms with Crippen LogP contribution in [0.25, 0.3) is 0 Å². The SMILES string of the molecule is Cc1ccc(N2C[C@@H](C(=O)Nc3ccc(OCc4ccccc4)cc3)CC2=O)cc1C. The van der Waals surface area contributed by atoms with Gasteiger partial charge >= 0.3 is 0 Å².